The molecule has 25 heavy (non-hydrogen) atoms. The van der Waals surface area contributed by atoms with Crippen LogP contribution in [0.3, 0.4) is 0 Å². The first kappa shape index (κ1) is 15.9. The monoisotopic (exact) mass is 356 g/mol. The van der Waals surface area contributed by atoms with E-state index in [1.54, 1.807) is 20.0 Å². The molecule has 0 aliphatic heterocycles. The molecule has 0 saturated heterocycles. The summed E-state index contributed by atoms with van der Waals surface area (Å²) in [7, 11) is 1.63. The number of halogens is 1. The molecule has 4 rings (SSSR count). The highest BCUT2D eigenvalue weighted by atomic mass is 35.5. The van der Waals surface area contributed by atoms with Crippen LogP contribution < -0.4 is 10.9 Å². The first-order valence-electron chi connectivity index (χ1n) is 8.11. The van der Waals surface area contributed by atoms with Crippen LogP contribution in [0.1, 0.15) is 29.2 Å². The lowest BCUT2D eigenvalue weighted by molar-refractivity contribution is 0.232. The molecular weight excluding hydrogens is 340 g/mol. The van der Waals surface area contributed by atoms with Crippen LogP contribution in [-0.4, -0.2) is 20.4 Å². The van der Waals surface area contributed by atoms with Crippen molar-refractivity contribution in [2.75, 3.05) is 0 Å². The minimum atomic E-state index is -0.456. The summed E-state index contributed by atoms with van der Waals surface area (Å²) in [6.45, 7) is 1.78. The van der Waals surface area contributed by atoms with Crippen molar-refractivity contribution >= 4 is 28.7 Å². The number of benzene rings is 1. The quantitative estimate of drug-likeness (QED) is 0.681. The third-order valence-corrected chi connectivity index (χ3v) is 5.00. The van der Waals surface area contributed by atoms with Crippen LogP contribution in [0.15, 0.2) is 35.1 Å². The molecule has 1 aliphatic carbocycles. The van der Waals surface area contributed by atoms with Crippen LogP contribution in [-0.2, 0) is 13.5 Å². The number of carbonyl (C=O) groups is 1. The fourth-order valence-electron chi connectivity index (χ4n) is 3.60. The summed E-state index contributed by atoms with van der Waals surface area (Å²) in [5.41, 5.74) is 3.06. The normalized spacial score (nSPS) is 16.2. The Hall–Kier alpha value is -2.60. The highest BCUT2D eigenvalue weighted by Crippen LogP contribution is 2.30. The van der Waals surface area contributed by atoms with E-state index in [9.17, 15) is 9.59 Å². The van der Waals surface area contributed by atoms with Gasteiger partial charge in [-0.05, 0) is 42.5 Å². The molecule has 2 heterocycles. The summed E-state index contributed by atoms with van der Waals surface area (Å²) in [5, 5.41) is 3.68. The van der Waals surface area contributed by atoms with Crippen LogP contribution in [0.25, 0.3) is 11.0 Å². The minimum absolute atomic E-state index is 0.0914. The van der Waals surface area contributed by atoms with Gasteiger partial charge in [0.2, 0.25) is 0 Å². The average Bonchev–Trinajstić information content (AvgIpc) is 3.07. The van der Waals surface area contributed by atoms with Crippen molar-refractivity contribution in [2.24, 2.45) is 7.05 Å². The molecule has 0 spiro atoms. The Morgan fingerprint density at radius 1 is 1.36 bits per heavy atom. The zero-order valence-corrected chi connectivity index (χ0v) is 14.7. The molecule has 3 aromatic rings. The molecule has 6 nitrogen and oxygen atoms in total. The summed E-state index contributed by atoms with van der Waals surface area (Å²) in [5.74, 6) is 0. The van der Waals surface area contributed by atoms with E-state index in [2.05, 4.69) is 16.4 Å². The van der Waals surface area contributed by atoms with Gasteiger partial charge in [0.05, 0.1) is 11.4 Å². The fourth-order valence-corrected chi connectivity index (χ4v) is 3.84. The van der Waals surface area contributed by atoms with Gasteiger partial charge >= 0.3 is 6.03 Å². The van der Waals surface area contributed by atoms with Crippen LogP contribution in [0.2, 0.25) is 5.15 Å². The molecule has 1 atom stereocenters. The number of hydrogen-bond acceptors (Lipinski definition) is 3. The van der Waals surface area contributed by atoms with Crippen molar-refractivity contribution in [3.8, 4) is 0 Å². The summed E-state index contributed by atoms with van der Waals surface area (Å²) in [6.07, 6.45) is 1.74. The van der Waals surface area contributed by atoms with Crippen molar-refractivity contribution in [1.29, 1.82) is 0 Å². The minimum Gasteiger partial charge on any atom is -0.329 e. The molecule has 2 aromatic heterocycles. The maximum Gasteiger partial charge on any atom is 0.344 e. The molecule has 0 bridgehead atoms. The van der Waals surface area contributed by atoms with E-state index in [1.807, 2.05) is 18.2 Å². The highest BCUT2D eigenvalue weighted by Gasteiger charge is 2.26. The van der Waals surface area contributed by atoms with Gasteiger partial charge in [0, 0.05) is 7.05 Å². The molecule has 7 heteroatoms. The topological polar surface area (TPSA) is 68.9 Å². The predicted octanol–water partition coefficient (Wildman–Crippen LogP) is 2.94. The van der Waals surface area contributed by atoms with Crippen molar-refractivity contribution in [2.45, 2.75) is 25.8 Å². The number of fused-ring (bicyclic) bond motifs is 2. The smallest absolute Gasteiger partial charge is 0.329 e. The number of pyridine rings is 1. The lowest BCUT2D eigenvalue weighted by Crippen LogP contribution is -2.39. The molecule has 0 unspecified atom stereocenters. The number of carbonyl (C=O) groups excluding carboxylic acids is 1. The number of nitrogens with one attached hydrogen (secondary N) is 1. The lowest BCUT2D eigenvalue weighted by Gasteiger charge is -2.15. The van der Waals surface area contributed by atoms with Crippen molar-refractivity contribution in [1.82, 2.24) is 19.7 Å². The molecule has 0 fully saturated rings. The lowest BCUT2D eigenvalue weighted by atomic mass is 10.1. The van der Waals surface area contributed by atoms with Gasteiger partial charge in [-0.15, -0.1) is 0 Å². The number of aromatic nitrogens is 3. The first-order chi connectivity index (χ1) is 12.0. The van der Waals surface area contributed by atoms with Gasteiger partial charge in [-0.1, -0.05) is 35.9 Å². The highest BCUT2D eigenvalue weighted by molar-refractivity contribution is 6.29. The summed E-state index contributed by atoms with van der Waals surface area (Å²) >= 11 is 5.99. The van der Waals surface area contributed by atoms with E-state index in [1.165, 1.54) is 10.2 Å². The number of amides is 1. The molecule has 0 radical (unpaired) electrons. The second kappa shape index (κ2) is 5.74. The Bertz CT molecular complexity index is 1070. The van der Waals surface area contributed by atoms with Gasteiger partial charge in [0.1, 0.15) is 5.15 Å². The largest absolute Gasteiger partial charge is 0.344 e. The molecule has 128 valence electrons. The van der Waals surface area contributed by atoms with Gasteiger partial charge in [-0.25, -0.2) is 9.78 Å². The van der Waals surface area contributed by atoms with Crippen molar-refractivity contribution in [3.63, 3.8) is 0 Å². The van der Waals surface area contributed by atoms with Gasteiger partial charge in [-0.3, -0.25) is 9.48 Å². The van der Waals surface area contributed by atoms with E-state index in [0.29, 0.717) is 21.7 Å². The first-order valence-corrected chi connectivity index (χ1v) is 8.48. The van der Waals surface area contributed by atoms with Crippen LogP contribution >= 0.6 is 11.6 Å². The number of hydrogen-bond donors (Lipinski definition) is 1. The Morgan fingerprint density at radius 3 is 2.92 bits per heavy atom. The van der Waals surface area contributed by atoms with Crippen LogP contribution in [0, 0.1) is 6.92 Å². The third-order valence-electron chi connectivity index (χ3n) is 4.80. The third kappa shape index (κ3) is 2.44. The second-order valence-electron chi connectivity index (χ2n) is 6.34. The van der Waals surface area contributed by atoms with Crippen LogP contribution in [0.5, 0.6) is 0 Å². The summed E-state index contributed by atoms with van der Waals surface area (Å²) in [6, 6.07) is 9.12. The average molecular weight is 357 g/mol. The fraction of sp³-hybridized carbons (Fsp3) is 0.278. The van der Waals surface area contributed by atoms with Gasteiger partial charge in [-0.2, -0.15) is 4.68 Å². The maximum absolute atomic E-state index is 12.8. The summed E-state index contributed by atoms with van der Waals surface area (Å²) < 4.78 is 2.54. The molecule has 1 aromatic carbocycles. The van der Waals surface area contributed by atoms with Crippen molar-refractivity contribution < 1.29 is 4.79 Å². The maximum atomic E-state index is 12.8. The van der Waals surface area contributed by atoms with Crippen LogP contribution in [0.4, 0.5) is 4.79 Å². The second-order valence-corrected chi connectivity index (χ2v) is 6.73. The van der Waals surface area contributed by atoms with Gasteiger partial charge in [0.15, 0.2) is 5.65 Å². The van der Waals surface area contributed by atoms with Gasteiger partial charge < -0.3 is 5.32 Å². The zero-order valence-electron chi connectivity index (χ0n) is 13.9. The Balaban J connectivity index is 1.75. The Labute approximate surface area is 149 Å². The SMILES string of the molecule is Cc1cc(Cl)nc2c1c(=O)n(C(=O)N[C@@H]1CCc3ccccc31)n2C. The van der Waals surface area contributed by atoms with E-state index in [0.717, 1.165) is 23.1 Å². The van der Waals surface area contributed by atoms with Gasteiger partial charge in [0.25, 0.3) is 5.56 Å². The van der Waals surface area contributed by atoms with E-state index in [-0.39, 0.29) is 11.6 Å². The van der Waals surface area contributed by atoms with Crippen molar-refractivity contribution in [3.05, 3.63) is 62.5 Å². The number of aryl methyl sites for hydroxylation is 3. The molecule has 1 aliphatic rings. The number of nitrogens with zero attached hydrogens (tertiary/aromatic N) is 3. The van der Waals surface area contributed by atoms with E-state index < -0.39 is 6.03 Å². The molecular formula is C18H17ClN4O2. The molecule has 1 N–H and O–H groups in total. The summed E-state index contributed by atoms with van der Waals surface area (Å²) in [4.78, 5) is 29.7. The zero-order chi connectivity index (χ0) is 17.7. The Kier molecular flexibility index (Phi) is 3.65. The standard InChI is InChI=1S/C18H17ClN4O2/c1-10-9-14(19)21-16-15(10)17(24)23(22(16)2)18(25)20-13-8-7-11-5-3-4-6-12(11)13/h3-6,9,13H,7-8H2,1-2H3,(H,20,25)/t13-/m1/s1. The number of rotatable bonds is 1. The van der Waals surface area contributed by atoms with E-state index >= 15 is 0 Å². The molecule has 0 saturated carbocycles. The predicted molar refractivity (Wildman–Crippen MR) is 96.2 cm³/mol. The molecule has 1 amide bonds. The Morgan fingerprint density at radius 2 is 2.12 bits per heavy atom. The van der Waals surface area contributed by atoms with E-state index in [4.69, 9.17) is 11.6 Å².